The molecule has 2 aliphatic heterocycles. The standard InChI is InChI=1S/C34H34ClF2N7O2/c1-20(2)43-13-7-10-23(43)19-46-34-40-31-26(32(41-34)42-14-15-44(33(45)21(3)36)24(18-42)16-38-4)17-39-30(29(31)37)25-11-5-8-22-9-6-12-27(35)28(22)25/h5-6,8-9,11-12,17,20,23-24H,3,7,10,13-16,18-19H2,1-2H3/t23-,24-/m0/s1. The molecule has 4 heterocycles. The van der Waals surface area contributed by atoms with Crippen LogP contribution in [-0.4, -0.2) is 88.1 Å². The van der Waals surface area contributed by atoms with Crippen LogP contribution in [0.3, 0.4) is 0 Å². The maximum absolute atomic E-state index is 16.7. The number of halogens is 3. The fourth-order valence-corrected chi connectivity index (χ4v) is 6.91. The molecule has 1 amide bonds. The molecule has 2 aliphatic rings. The highest BCUT2D eigenvalue weighted by Crippen LogP contribution is 2.37. The van der Waals surface area contributed by atoms with Crippen molar-refractivity contribution in [3.05, 3.63) is 77.3 Å². The normalized spacial score (nSPS) is 18.8. The van der Waals surface area contributed by atoms with E-state index in [2.05, 4.69) is 40.1 Å². The second-order valence-corrected chi connectivity index (χ2v) is 12.3. The van der Waals surface area contributed by atoms with Crippen LogP contribution >= 0.6 is 11.6 Å². The van der Waals surface area contributed by atoms with Crippen molar-refractivity contribution in [3.8, 4) is 17.3 Å². The van der Waals surface area contributed by atoms with Crippen LogP contribution in [0.25, 0.3) is 37.8 Å². The SMILES string of the molecule is [C-]#[N+]C[C@H]1CN(c2nc(OC[C@@H]3CCCN3C(C)C)nc3c(F)c(-c4cccc5cccc(Cl)c45)ncc23)CCN1C(=O)C(=C)F. The molecule has 2 aromatic carbocycles. The van der Waals surface area contributed by atoms with E-state index >= 15 is 4.39 Å². The molecule has 2 aromatic heterocycles. The van der Waals surface area contributed by atoms with Crippen molar-refractivity contribution in [2.75, 3.05) is 44.2 Å². The van der Waals surface area contributed by atoms with Gasteiger partial charge < -0.3 is 19.4 Å². The Balaban J connectivity index is 1.44. The lowest BCUT2D eigenvalue weighted by molar-refractivity contribution is -0.131. The number of nitrogens with zero attached hydrogens (tertiary/aromatic N) is 7. The Morgan fingerprint density at radius 1 is 1.17 bits per heavy atom. The minimum Gasteiger partial charge on any atom is -0.462 e. The summed E-state index contributed by atoms with van der Waals surface area (Å²) in [4.78, 5) is 35.4. The van der Waals surface area contributed by atoms with Crippen LogP contribution in [0.4, 0.5) is 14.6 Å². The van der Waals surface area contributed by atoms with E-state index in [1.54, 1.807) is 12.1 Å². The number of carbonyl (C=O) groups excluding carboxylic acids is 1. The lowest BCUT2D eigenvalue weighted by Crippen LogP contribution is -2.56. The van der Waals surface area contributed by atoms with Gasteiger partial charge in [0.15, 0.2) is 11.6 Å². The number of fused-ring (bicyclic) bond motifs is 2. The van der Waals surface area contributed by atoms with Crippen molar-refractivity contribution in [2.45, 2.75) is 44.8 Å². The Morgan fingerprint density at radius 3 is 2.70 bits per heavy atom. The summed E-state index contributed by atoms with van der Waals surface area (Å²) < 4.78 is 36.7. The molecule has 6 rings (SSSR count). The van der Waals surface area contributed by atoms with Gasteiger partial charge in [0.2, 0.25) is 6.54 Å². The summed E-state index contributed by atoms with van der Waals surface area (Å²) in [5.74, 6) is -2.21. The van der Waals surface area contributed by atoms with E-state index in [1.807, 2.05) is 29.2 Å². The minimum absolute atomic E-state index is 0.0162. The Labute approximate surface area is 271 Å². The summed E-state index contributed by atoms with van der Waals surface area (Å²) >= 11 is 6.58. The van der Waals surface area contributed by atoms with Gasteiger partial charge in [-0.2, -0.15) is 9.97 Å². The van der Waals surface area contributed by atoms with Crippen LogP contribution in [0.5, 0.6) is 6.01 Å². The number of rotatable bonds is 8. The van der Waals surface area contributed by atoms with Crippen molar-refractivity contribution in [1.29, 1.82) is 0 Å². The van der Waals surface area contributed by atoms with Crippen LogP contribution in [0, 0.1) is 12.4 Å². The van der Waals surface area contributed by atoms with Crippen molar-refractivity contribution >= 4 is 45.0 Å². The molecule has 0 N–H and O–H groups in total. The Hall–Kier alpha value is -4.40. The van der Waals surface area contributed by atoms with Gasteiger partial charge in [0, 0.05) is 53.9 Å². The molecule has 2 atom stereocenters. The van der Waals surface area contributed by atoms with Gasteiger partial charge in [0.25, 0.3) is 5.91 Å². The molecular formula is C34H34ClF2N7O2. The van der Waals surface area contributed by atoms with Gasteiger partial charge in [-0.05, 0) is 44.7 Å². The fraction of sp³-hybridized carbons (Fsp3) is 0.382. The van der Waals surface area contributed by atoms with Gasteiger partial charge in [0.1, 0.15) is 29.7 Å². The number of ether oxygens (including phenoxy) is 1. The summed E-state index contributed by atoms with van der Waals surface area (Å²) in [5.41, 5.74) is 0.643. The van der Waals surface area contributed by atoms with Gasteiger partial charge in [-0.25, -0.2) is 15.4 Å². The van der Waals surface area contributed by atoms with Crippen LogP contribution in [0.2, 0.25) is 5.02 Å². The molecule has 2 fully saturated rings. The Morgan fingerprint density at radius 2 is 1.96 bits per heavy atom. The van der Waals surface area contributed by atoms with Crippen LogP contribution < -0.4 is 9.64 Å². The third kappa shape index (κ3) is 5.95. The molecule has 0 saturated carbocycles. The van der Waals surface area contributed by atoms with Crippen molar-refractivity contribution in [2.24, 2.45) is 0 Å². The van der Waals surface area contributed by atoms with Crippen LogP contribution in [-0.2, 0) is 4.79 Å². The van der Waals surface area contributed by atoms with Crippen LogP contribution in [0.15, 0.2) is 55.0 Å². The molecule has 12 heteroatoms. The second kappa shape index (κ2) is 13.1. The topological polar surface area (TPSA) is 79.1 Å². The molecule has 238 valence electrons. The van der Waals surface area contributed by atoms with E-state index in [0.717, 1.165) is 24.8 Å². The summed E-state index contributed by atoms with van der Waals surface area (Å²) in [6, 6.07) is 10.9. The van der Waals surface area contributed by atoms with E-state index < -0.39 is 23.6 Å². The average molecular weight is 646 g/mol. The van der Waals surface area contributed by atoms with E-state index in [9.17, 15) is 9.18 Å². The quantitative estimate of drug-likeness (QED) is 0.164. The number of pyridine rings is 1. The molecule has 0 aliphatic carbocycles. The summed E-state index contributed by atoms with van der Waals surface area (Å²) in [6.45, 7) is 16.7. The number of aromatic nitrogens is 3. The highest BCUT2D eigenvalue weighted by Gasteiger charge is 2.36. The fourth-order valence-electron chi connectivity index (χ4n) is 6.63. The van der Waals surface area contributed by atoms with E-state index in [4.69, 9.17) is 27.9 Å². The molecule has 0 radical (unpaired) electrons. The van der Waals surface area contributed by atoms with Gasteiger partial charge in [-0.15, -0.1) is 0 Å². The number of carbonyl (C=O) groups is 1. The van der Waals surface area contributed by atoms with Crippen LogP contribution in [0.1, 0.15) is 26.7 Å². The van der Waals surface area contributed by atoms with Crippen molar-refractivity contribution < 1.29 is 18.3 Å². The number of anilines is 1. The average Bonchev–Trinajstić information content (AvgIpc) is 3.53. The van der Waals surface area contributed by atoms with E-state index in [0.29, 0.717) is 39.8 Å². The monoisotopic (exact) mass is 645 g/mol. The van der Waals surface area contributed by atoms with Gasteiger partial charge in [-0.1, -0.05) is 48.5 Å². The zero-order valence-corrected chi connectivity index (χ0v) is 26.5. The number of hydrogen-bond donors (Lipinski definition) is 0. The van der Waals surface area contributed by atoms with Crippen molar-refractivity contribution in [1.82, 2.24) is 24.8 Å². The lowest BCUT2D eigenvalue weighted by Gasteiger charge is -2.39. The second-order valence-electron chi connectivity index (χ2n) is 11.9. The number of piperazine rings is 1. The third-order valence-corrected chi connectivity index (χ3v) is 9.14. The number of likely N-dealkylation sites (tertiary alicyclic amines) is 1. The molecule has 2 saturated heterocycles. The number of benzene rings is 2. The highest BCUT2D eigenvalue weighted by atomic mass is 35.5. The Kier molecular flexibility index (Phi) is 9.02. The van der Waals surface area contributed by atoms with E-state index in [1.165, 1.54) is 11.1 Å². The maximum atomic E-state index is 16.7. The molecule has 0 unspecified atom stereocenters. The lowest BCUT2D eigenvalue weighted by atomic mass is 10.0. The van der Waals surface area contributed by atoms with E-state index in [-0.39, 0.29) is 49.4 Å². The smallest absolute Gasteiger partial charge is 0.319 e. The molecule has 46 heavy (non-hydrogen) atoms. The summed E-state index contributed by atoms with van der Waals surface area (Å²) in [5, 5.41) is 2.35. The first kappa shape index (κ1) is 31.6. The van der Waals surface area contributed by atoms with Gasteiger partial charge in [0.05, 0.1) is 5.39 Å². The number of amides is 1. The predicted molar refractivity (Wildman–Crippen MR) is 175 cm³/mol. The molecule has 9 nitrogen and oxygen atoms in total. The van der Waals surface area contributed by atoms with Gasteiger partial charge >= 0.3 is 6.01 Å². The predicted octanol–water partition coefficient (Wildman–Crippen LogP) is 6.31. The Bertz CT molecular complexity index is 1860. The summed E-state index contributed by atoms with van der Waals surface area (Å²) in [6.07, 6.45) is 3.56. The zero-order valence-electron chi connectivity index (χ0n) is 25.7. The van der Waals surface area contributed by atoms with Gasteiger partial charge in [-0.3, -0.25) is 14.7 Å². The molecule has 4 aromatic rings. The summed E-state index contributed by atoms with van der Waals surface area (Å²) in [7, 11) is 0. The maximum Gasteiger partial charge on any atom is 0.319 e. The largest absolute Gasteiger partial charge is 0.462 e. The highest BCUT2D eigenvalue weighted by molar-refractivity contribution is 6.36. The van der Waals surface area contributed by atoms with Crippen molar-refractivity contribution in [3.63, 3.8) is 0 Å². The first-order valence-corrected chi connectivity index (χ1v) is 15.7. The molecular weight excluding hydrogens is 612 g/mol. The molecule has 0 spiro atoms. The zero-order chi connectivity index (χ0) is 32.5. The minimum atomic E-state index is -1.08. The number of hydrogen-bond acceptors (Lipinski definition) is 7. The first-order valence-electron chi connectivity index (χ1n) is 15.3. The first-order chi connectivity index (χ1) is 22.2. The molecule has 0 bridgehead atoms. The third-order valence-electron chi connectivity index (χ3n) is 8.82.